The van der Waals surface area contributed by atoms with Crippen LogP contribution >= 0.6 is 78.3 Å². The number of halogens is 12. The number of nitriles is 4. The van der Waals surface area contributed by atoms with Gasteiger partial charge in [0.05, 0.1) is 19.0 Å². The molecule has 0 aromatic heterocycles. The Kier molecular flexibility index (Phi) is 25.9. The van der Waals surface area contributed by atoms with E-state index in [2.05, 4.69) is 31.9 Å². The van der Waals surface area contributed by atoms with E-state index < -0.39 is 120 Å². The van der Waals surface area contributed by atoms with Crippen molar-refractivity contribution in [1.82, 2.24) is 0 Å². The van der Waals surface area contributed by atoms with Crippen LogP contribution in [-0.2, 0) is 67.1 Å². The van der Waals surface area contributed by atoms with Crippen LogP contribution in [0.2, 0.25) is 0 Å². The lowest BCUT2D eigenvalue weighted by Crippen LogP contribution is -2.37. The summed E-state index contributed by atoms with van der Waals surface area (Å²) in [5, 5.41) is 32.6. The van der Waals surface area contributed by atoms with Gasteiger partial charge in [-0.25, -0.2) is 8.78 Å². The predicted octanol–water partition coefficient (Wildman–Crippen LogP) is 4.36. The molecule has 0 amide bonds. The molecule has 22 nitrogen and oxygen atoms in total. The molecule has 7 aliphatic rings. The van der Waals surface area contributed by atoms with Gasteiger partial charge in [-0.05, 0) is 63.1 Å². The highest BCUT2D eigenvalue weighted by Gasteiger charge is 2.38. The van der Waals surface area contributed by atoms with Crippen LogP contribution in [0.5, 0.6) is 0 Å². The summed E-state index contributed by atoms with van der Waals surface area (Å²) in [6, 6.07) is 5.93. The van der Waals surface area contributed by atoms with E-state index in [1.165, 1.54) is 43.4 Å². The first-order chi connectivity index (χ1) is 37.4. The first-order valence-corrected chi connectivity index (χ1v) is 22.8. The number of carbonyl (C=O) groups excluding carboxylic acids is 14. The van der Waals surface area contributed by atoms with E-state index in [0.29, 0.717) is 21.1 Å². The van der Waals surface area contributed by atoms with E-state index in [-0.39, 0.29) is 66.9 Å². The first kappa shape index (κ1) is 69.6. The molecule has 0 heterocycles. The third kappa shape index (κ3) is 16.8. The van der Waals surface area contributed by atoms with Crippen molar-refractivity contribution in [2.45, 2.75) is 6.92 Å². The quantitative estimate of drug-likeness (QED) is 0.113. The molecule has 7 aliphatic carbocycles. The summed E-state index contributed by atoms with van der Waals surface area (Å²) in [7, 11) is 0. The highest BCUT2D eigenvalue weighted by molar-refractivity contribution is 9.13. The van der Waals surface area contributed by atoms with Gasteiger partial charge in [-0.15, -0.1) is 0 Å². The van der Waals surface area contributed by atoms with Gasteiger partial charge >= 0.3 is 0 Å². The Morgan fingerprint density at radius 1 is 0.370 bits per heavy atom. The molecule has 0 spiro atoms. The summed E-state index contributed by atoms with van der Waals surface area (Å²) in [6.07, 6.45) is 6.93. The van der Waals surface area contributed by atoms with E-state index in [9.17, 15) is 93.5 Å². The molecule has 34 heteroatoms. The molecule has 7 rings (SSSR count). The fourth-order valence-electron chi connectivity index (χ4n) is 4.74. The maximum atomic E-state index is 12.1. The minimum atomic E-state index is -2.27. The van der Waals surface area contributed by atoms with Gasteiger partial charge in [-0.1, -0.05) is 46.4 Å². The maximum Gasteiger partial charge on any atom is 0.267 e. The van der Waals surface area contributed by atoms with Crippen LogP contribution < -0.4 is 22.9 Å². The average molecular weight is 1330 g/mol. The Balaban J connectivity index is 0.000000474. The van der Waals surface area contributed by atoms with E-state index >= 15 is 0 Å². The third-order valence-corrected chi connectivity index (χ3v) is 11.7. The molecule has 0 saturated carbocycles. The van der Waals surface area contributed by atoms with Crippen LogP contribution in [0.1, 0.15) is 6.92 Å². The lowest BCUT2D eigenvalue weighted by molar-refractivity contribution is -0.134. The van der Waals surface area contributed by atoms with Crippen molar-refractivity contribution in [3.8, 4) is 24.3 Å². The van der Waals surface area contributed by atoms with Crippen LogP contribution in [0.4, 0.5) is 26.3 Å². The fourth-order valence-corrected chi connectivity index (χ4v) is 6.68. The van der Waals surface area contributed by atoms with Crippen LogP contribution in [0.15, 0.2) is 157 Å². The summed E-state index contributed by atoms with van der Waals surface area (Å²) >= 11 is 27.6. The highest BCUT2D eigenvalue weighted by atomic mass is 79.9. The first-order valence-electron chi connectivity index (χ1n) is 19.7. The fraction of sp³-hybridized carbons (Fsp3) is 0.0213. The van der Waals surface area contributed by atoms with Crippen molar-refractivity contribution < 1.29 is 93.5 Å². The molecule has 0 atom stereocenters. The normalized spacial score (nSPS) is 18.1. The maximum absolute atomic E-state index is 12.1. The Morgan fingerprint density at radius 3 is 0.963 bits per heavy atom. The number of nitrogens with two attached hydrogens (primary N) is 4. The van der Waals surface area contributed by atoms with Gasteiger partial charge < -0.3 is 22.9 Å². The minimum absolute atomic E-state index is 0.0810. The van der Waals surface area contributed by atoms with Gasteiger partial charge in [-0.3, -0.25) is 67.1 Å². The third-order valence-electron chi connectivity index (χ3n) is 8.97. The molecule has 0 unspecified atom stereocenters. The number of Topliss-reactive ketones (excluding diaryl/α,β-unsaturated/α-hetero) is 8. The monoisotopic (exact) mass is 1330 g/mol. The van der Waals surface area contributed by atoms with Crippen molar-refractivity contribution in [2.75, 3.05) is 0 Å². The van der Waals surface area contributed by atoms with Gasteiger partial charge in [0, 0.05) is 23.8 Å². The van der Waals surface area contributed by atoms with Gasteiger partial charge in [0.1, 0.15) is 79.4 Å². The van der Waals surface area contributed by atoms with E-state index in [1.54, 1.807) is 0 Å². The Hall–Kier alpha value is -9.40. The smallest absolute Gasteiger partial charge is 0.267 e. The second-order valence-corrected chi connectivity index (χ2v) is 17.3. The summed E-state index contributed by atoms with van der Waals surface area (Å²) in [4.78, 5) is 151. The number of carbonyl (C=O) groups is 14. The van der Waals surface area contributed by atoms with Crippen LogP contribution in [-0.4, -0.2) is 81.0 Å². The number of rotatable bonds is 0. The number of nitrogens with zero attached hydrogens (tertiary/aromatic N) is 4. The number of allylic oxidation sites excluding steroid dienone is 24. The zero-order valence-corrected chi connectivity index (χ0v) is 45.1. The topological polar surface area (TPSA) is 438 Å². The second kappa shape index (κ2) is 30.1. The van der Waals surface area contributed by atoms with Gasteiger partial charge in [-0.2, -0.15) is 38.6 Å². The number of ketones is 14. The van der Waals surface area contributed by atoms with Crippen molar-refractivity contribution in [3.05, 3.63) is 157 Å². The van der Waals surface area contributed by atoms with Gasteiger partial charge in [0.15, 0.2) is 23.1 Å². The van der Waals surface area contributed by atoms with Crippen LogP contribution in [0.3, 0.4) is 0 Å². The molecule has 81 heavy (non-hydrogen) atoms. The summed E-state index contributed by atoms with van der Waals surface area (Å²) in [5.74, 6) is -23.9. The largest absolute Gasteiger partial charge is 0.394 e. The van der Waals surface area contributed by atoms with Gasteiger partial charge in [0.2, 0.25) is 81.2 Å². The van der Waals surface area contributed by atoms with Crippen molar-refractivity contribution in [2.24, 2.45) is 22.9 Å². The Bertz CT molecular complexity index is 3530. The number of hydrogen-bond acceptors (Lipinski definition) is 22. The Labute approximate surface area is 482 Å². The molecule has 0 aromatic carbocycles. The summed E-state index contributed by atoms with van der Waals surface area (Å²) in [6.45, 7) is 1.49. The van der Waals surface area contributed by atoms with Crippen LogP contribution in [0, 0.1) is 45.3 Å². The molecule has 0 aromatic rings. The van der Waals surface area contributed by atoms with Crippen molar-refractivity contribution >= 4 is 159 Å². The van der Waals surface area contributed by atoms with E-state index in [4.69, 9.17) is 90.4 Å². The SMILES string of the molecule is CC1=C(Cl)C(=O)C(Cl)=CC1=O.N#CC1=C(C#N)C(=O)C(Cl)=C(Cl)C1=O.N#CC1=C(C#N)C(=O)C=CC1=O.NC1=C(N)C(=O)C(N)=C(N)C1=O.O=C1C(=O)C(F)=C(F)C(F)=C1F.O=C1C=C(Br)C(=O)C(Br)=C1.O=C1C=CC(=O)C(F)=C1F. The number of hydrogen-bond donors (Lipinski definition) is 4. The zero-order chi connectivity index (χ0) is 63.0. The molecule has 0 radical (unpaired) electrons. The molecule has 0 saturated heterocycles. The summed E-state index contributed by atoms with van der Waals surface area (Å²) in [5.41, 5.74) is 17.7. The van der Waals surface area contributed by atoms with Crippen molar-refractivity contribution in [3.63, 3.8) is 0 Å². The predicted molar refractivity (Wildman–Crippen MR) is 269 cm³/mol. The lowest BCUT2D eigenvalue weighted by atomic mass is 9.96. The molecule has 8 N–H and O–H groups in total. The average Bonchev–Trinajstić information content (AvgIpc) is 3.44. The van der Waals surface area contributed by atoms with Crippen molar-refractivity contribution in [1.29, 1.82) is 21.0 Å². The van der Waals surface area contributed by atoms with E-state index in [0.717, 1.165) is 18.2 Å². The van der Waals surface area contributed by atoms with Gasteiger partial charge in [0.25, 0.3) is 11.6 Å². The standard InChI is InChI=1S/C8Cl2N2O2.C8H2N2O2.C7H4Cl2O2.C6H2Br2O2.C6F4O2.C6H2F2O2.C6H8N4O2/c9-5-6(10)8(14)4(2-12)3(1-11)7(5)13;9-3-5-6(4-10)8(12)2-1-7(5)11;1-3-5(10)2-4(8)7(11)6(3)9;7-4-1-3(9)2-5(8)6(4)10;7-1-2(8)4(10)6(12)5(11)3(1)9;7-5-3(9)1-2-4(10)6(5)8;7-1-2(8)6(12)4(10)3(9)5(1)11/h;1-2H;2H,1H3;1-2H;;1-2H;7-10H2. The Morgan fingerprint density at radius 2 is 0.667 bits per heavy atom. The minimum Gasteiger partial charge on any atom is -0.394 e. The highest BCUT2D eigenvalue weighted by Crippen LogP contribution is 2.31. The van der Waals surface area contributed by atoms with Crippen LogP contribution in [0.25, 0.3) is 0 Å². The van der Waals surface area contributed by atoms with E-state index in [1.807, 2.05) is 0 Å². The molecular weight excluding hydrogens is 1320 g/mol. The second-order valence-electron chi connectivity index (χ2n) is 14.1. The zero-order valence-electron chi connectivity index (χ0n) is 38.9. The summed E-state index contributed by atoms with van der Waals surface area (Å²) < 4.78 is 73.3. The molecule has 0 bridgehead atoms. The molecule has 0 aliphatic heterocycles. The molecule has 0 fully saturated rings. The molecular formula is C47H18Br2Cl4F6N8O14. The molecule has 414 valence electrons. The lowest BCUT2D eigenvalue weighted by Gasteiger charge is -2.13.